The average molecular weight is 339 g/mol. The third kappa shape index (κ3) is 3.78. The Labute approximate surface area is 143 Å². The van der Waals surface area contributed by atoms with Crippen molar-refractivity contribution in [2.45, 2.75) is 19.9 Å². The Hall–Kier alpha value is -2.73. The van der Waals surface area contributed by atoms with Crippen LogP contribution in [0.4, 0.5) is 5.82 Å². The summed E-state index contributed by atoms with van der Waals surface area (Å²) in [4.78, 5) is 27.9. The van der Waals surface area contributed by atoms with Crippen LogP contribution < -0.4 is 10.2 Å². The minimum Gasteiger partial charge on any atom is -0.311 e. The molecule has 0 unspecified atom stereocenters. The molecule has 2 heterocycles. The van der Waals surface area contributed by atoms with E-state index in [1.165, 1.54) is 0 Å². The van der Waals surface area contributed by atoms with Gasteiger partial charge in [0.25, 0.3) is 0 Å². The van der Waals surface area contributed by atoms with Crippen LogP contribution in [0, 0.1) is 6.92 Å². The lowest BCUT2D eigenvalue weighted by atomic mass is 10.1. The molecule has 0 fully saturated rings. The number of anilines is 1. The first kappa shape index (κ1) is 16.1. The highest BCUT2D eigenvalue weighted by Gasteiger charge is 2.07. The number of hydrogen-bond donors (Lipinski definition) is 1. The largest absolute Gasteiger partial charge is 0.311 e. The van der Waals surface area contributed by atoms with Gasteiger partial charge in [0.15, 0.2) is 0 Å². The first-order valence-electron chi connectivity index (χ1n) is 7.60. The van der Waals surface area contributed by atoms with Gasteiger partial charge in [0, 0.05) is 35.8 Å². The molecule has 5 nitrogen and oxygen atoms in total. The fraction of sp³-hybridized carbons (Fsp3) is 0.167. The van der Waals surface area contributed by atoms with Gasteiger partial charge < -0.3 is 9.88 Å². The summed E-state index contributed by atoms with van der Waals surface area (Å²) in [6.07, 6.45) is 1.97. The topological polar surface area (TPSA) is 64.0 Å². The molecule has 0 saturated carbocycles. The molecule has 122 valence electrons. The SMILES string of the molecule is Cc1csc(=O)n1CCC(=O)Nc1ccc(-c2ccccc2)cn1. The van der Waals surface area contributed by atoms with Crippen LogP contribution in [0.5, 0.6) is 0 Å². The van der Waals surface area contributed by atoms with Crippen molar-refractivity contribution in [1.82, 2.24) is 9.55 Å². The Morgan fingerprint density at radius 2 is 1.96 bits per heavy atom. The maximum absolute atomic E-state index is 12.0. The zero-order chi connectivity index (χ0) is 16.9. The molecule has 0 atom stereocenters. The number of rotatable bonds is 5. The van der Waals surface area contributed by atoms with Crippen LogP contribution in [0.25, 0.3) is 11.1 Å². The first-order valence-corrected chi connectivity index (χ1v) is 8.48. The van der Waals surface area contributed by atoms with Gasteiger partial charge in [-0.05, 0) is 24.6 Å². The molecule has 24 heavy (non-hydrogen) atoms. The summed E-state index contributed by atoms with van der Waals surface area (Å²) in [5.74, 6) is 0.349. The summed E-state index contributed by atoms with van der Waals surface area (Å²) in [6, 6.07) is 13.6. The van der Waals surface area contributed by atoms with E-state index in [9.17, 15) is 9.59 Å². The van der Waals surface area contributed by atoms with Gasteiger partial charge >= 0.3 is 4.87 Å². The van der Waals surface area contributed by atoms with Gasteiger partial charge in [-0.15, -0.1) is 0 Å². The lowest BCUT2D eigenvalue weighted by molar-refractivity contribution is -0.116. The summed E-state index contributed by atoms with van der Waals surface area (Å²) in [5, 5.41) is 4.56. The lowest BCUT2D eigenvalue weighted by Gasteiger charge is -2.07. The molecule has 3 rings (SSSR count). The van der Waals surface area contributed by atoms with Crippen molar-refractivity contribution in [1.29, 1.82) is 0 Å². The van der Waals surface area contributed by atoms with E-state index in [1.807, 2.05) is 43.3 Å². The fourth-order valence-electron chi connectivity index (χ4n) is 2.36. The number of amides is 1. The van der Waals surface area contributed by atoms with Crippen molar-refractivity contribution in [3.8, 4) is 11.1 Å². The number of hydrogen-bond acceptors (Lipinski definition) is 4. The number of thiazole rings is 1. The first-order chi connectivity index (χ1) is 11.6. The highest BCUT2D eigenvalue weighted by molar-refractivity contribution is 7.07. The Morgan fingerprint density at radius 1 is 1.17 bits per heavy atom. The van der Waals surface area contributed by atoms with E-state index >= 15 is 0 Å². The van der Waals surface area contributed by atoms with Crippen LogP contribution in [-0.2, 0) is 11.3 Å². The van der Waals surface area contributed by atoms with Crippen LogP contribution in [0.3, 0.4) is 0 Å². The van der Waals surface area contributed by atoms with Gasteiger partial charge in [0.05, 0.1) is 0 Å². The Bertz CT molecular complexity index is 883. The molecule has 0 bridgehead atoms. The Kier molecular flexibility index (Phi) is 4.86. The molecule has 2 aromatic heterocycles. The highest BCUT2D eigenvalue weighted by Crippen LogP contribution is 2.19. The maximum atomic E-state index is 12.0. The lowest BCUT2D eigenvalue weighted by Crippen LogP contribution is -2.20. The number of aromatic nitrogens is 2. The zero-order valence-electron chi connectivity index (χ0n) is 13.2. The quantitative estimate of drug-likeness (QED) is 0.776. The normalized spacial score (nSPS) is 10.5. The third-order valence-electron chi connectivity index (χ3n) is 3.68. The van der Waals surface area contributed by atoms with E-state index in [1.54, 1.807) is 22.2 Å². The number of benzene rings is 1. The monoisotopic (exact) mass is 339 g/mol. The van der Waals surface area contributed by atoms with Crippen LogP contribution >= 0.6 is 11.3 Å². The second-order valence-electron chi connectivity index (χ2n) is 5.39. The molecule has 1 amide bonds. The maximum Gasteiger partial charge on any atom is 0.307 e. The van der Waals surface area contributed by atoms with Crippen LogP contribution in [0.2, 0.25) is 0 Å². The van der Waals surface area contributed by atoms with E-state index < -0.39 is 0 Å². The summed E-state index contributed by atoms with van der Waals surface area (Å²) in [7, 11) is 0. The summed E-state index contributed by atoms with van der Waals surface area (Å²) in [5.41, 5.74) is 2.95. The van der Waals surface area contributed by atoms with Crippen molar-refractivity contribution in [2.24, 2.45) is 0 Å². The predicted molar refractivity (Wildman–Crippen MR) is 96.2 cm³/mol. The van der Waals surface area contributed by atoms with Gasteiger partial charge in [0.2, 0.25) is 5.91 Å². The second-order valence-corrected chi connectivity index (χ2v) is 6.21. The van der Waals surface area contributed by atoms with Crippen molar-refractivity contribution in [3.63, 3.8) is 0 Å². The van der Waals surface area contributed by atoms with E-state index in [4.69, 9.17) is 0 Å². The predicted octanol–water partition coefficient (Wildman–Crippen LogP) is 3.31. The van der Waals surface area contributed by atoms with Crippen molar-refractivity contribution >= 4 is 23.1 Å². The number of pyridine rings is 1. The standard InChI is InChI=1S/C18H17N3O2S/c1-13-12-24-18(23)21(13)10-9-17(22)20-16-8-7-15(11-19-16)14-5-3-2-4-6-14/h2-8,11-12H,9-10H2,1H3,(H,19,20,22). The minimum atomic E-state index is -0.160. The zero-order valence-corrected chi connectivity index (χ0v) is 14.0. The molecule has 3 aromatic rings. The minimum absolute atomic E-state index is 0.0364. The number of aryl methyl sites for hydroxylation is 1. The van der Waals surface area contributed by atoms with Crippen LogP contribution in [-0.4, -0.2) is 15.5 Å². The van der Waals surface area contributed by atoms with E-state index in [2.05, 4.69) is 10.3 Å². The third-order valence-corrected chi connectivity index (χ3v) is 4.56. The molecule has 0 saturated heterocycles. The molecule has 0 aliphatic carbocycles. The molecule has 0 aliphatic rings. The number of carbonyl (C=O) groups is 1. The van der Waals surface area contributed by atoms with Gasteiger partial charge in [-0.2, -0.15) is 0 Å². The van der Waals surface area contributed by atoms with Gasteiger partial charge in [-0.1, -0.05) is 41.7 Å². The van der Waals surface area contributed by atoms with Gasteiger partial charge in [0.1, 0.15) is 5.82 Å². The molecule has 0 aliphatic heterocycles. The Morgan fingerprint density at radius 3 is 2.58 bits per heavy atom. The van der Waals surface area contributed by atoms with E-state index in [0.717, 1.165) is 28.2 Å². The van der Waals surface area contributed by atoms with Crippen molar-refractivity contribution in [2.75, 3.05) is 5.32 Å². The average Bonchev–Trinajstić information content (AvgIpc) is 2.93. The summed E-state index contributed by atoms with van der Waals surface area (Å²) in [6.45, 7) is 2.24. The molecule has 1 aromatic carbocycles. The summed E-state index contributed by atoms with van der Waals surface area (Å²) < 4.78 is 1.61. The molecule has 1 N–H and O–H groups in total. The molecular weight excluding hydrogens is 322 g/mol. The molecule has 6 heteroatoms. The molecular formula is C18H17N3O2S. The van der Waals surface area contributed by atoms with Crippen LogP contribution in [0.1, 0.15) is 12.1 Å². The molecule has 0 spiro atoms. The van der Waals surface area contributed by atoms with Crippen molar-refractivity contribution < 1.29 is 4.79 Å². The van der Waals surface area contributed by atoms with Gasteiger partial charge in [-0.25, -0.2) is 4.98 Å². The van der Waals surface area contributed by atoms with Gasteiger partial charge in [-0.3, -0.25) is 9.59 Å². The summed E-state index contributed by atoms with van der Waals surface area (Å²) >= 11 is 1.15. The number of nitrogens with one attached hydrogen (secondary N) is 1. The smallest absolute Gasteiger partial charge is 0.307 e. The second kappa shape index (κ2) is 7.23. The number of nitrogens with zero attached hydrogens (tertiary/aromatic N) is 2. The number of carbonyl (C=O) groups excluding carboxylic acids is 1. The van der Waals surface area contributed by atoms with Crippen molar-refractivity contribution in [3.05, 3.63) is 69.4 Å². The Balaban J connectivity index is 1.60. The fourth-order valence-corrected chi connectivity index (χ4v) is 3.12. The highest BCUT2D eigenvalue weighted by atomic mass is 32.1. The van der Waals surface area contributed by atoms with Crippen LogP contribution in [0.15, 0.2) is 58.8 Å². The van der Waals surface area contributed by atoms with E-state index in [0.29, 0.717) is 12.4 Å². The van der Waals surface area contributed by atoms with E-state index in [-0.39, 0.29) is 17.2 Å². The molecule has 0 radical (unpaired) electrons.